The van der Waals surface area contributed by atoms with Crippen LogP contribution in [0.2, 0.25) is 0 Å². The zero-order chi connectivity index (χ0) is 32.3. The van der Waals surface area contributed by atoms with Gasteiger partial charge in [0, 0.05) is 27.2 Å². The summed E-state index contributed by atoms with van der Waals surface area (Å²) in [6, 6.07) is 61.5. The molecule has 0 amide bonds. The summed E-state index contributed by atoms with van der Waals surface area (Å²) < 4.78 is 2.54. The largest absolute Gasteiger partial charge is 0.366 e. The van der Waals surface area contributed by atoms with E-state index in [1.807, 2.05) is 0 Å². The average molecular weight is 628 g/mol. The topological polar surface area (TPSA) is 29.0 Å². The number of para-hydroxylation sites is 1. The van der Waals surface area contributed by atoms with Crippen molar-refractivity contribution in [1.82, 2.24) is 15.2 Å². The second kappa shape index (κ2) is 11.2. The van der Waals surface area contributed by atoms with E-state index in [2.05, 4.69) is 191 Å². The van der Waals surface area contributed by atoms with E-state index in [9.17, 15) is 0 Å². The Hall–Kier alpha value is -6.16. The molecular weight excluding hydrogens is 595 g/mol. The second-order valence-corrected chi connectivity index (χ2v) is 13.0. The summed E-state index contributed by atoms with van der Waals surface area (Å²) >= 11 is 0. The Morgan fingerprint density at radius 3 is 1.82 bits per heavy atom. The Kier molecular flexibility index (Phi) is 6.39. The molecule has 8 aromatic carbocycles. The van der Waals surface area contributed by atoms with E-state index in [1.165, 1.54) is 76.4 Å². The van der Waals surface area contributed by atoms with Gasteiger partial charge in [-0.1, -0.05) is 164 Å². The number of hydrogen-bond donors (Lipinski definition) is 2. The van der Waals surface area contributed by atoms with Crippen LogP contribution in [0.4, 0.5) is 0 Å². The van der Waals surface area contributed by atoms with Crippen molar-refractivity contribution in [2.24, 2.45) is 0 Å². The van der Waals surface area contributed by atoms with E-state index in [4.69, 9.17) is 0 Å². The number of nitrogens with one attached hydrogen (secondary N) is 2. The molecule has 2 heterocycles. The van der Waals surface area contributed by atoms with Gasteiger partial charge in [-0.2, -0.15) is 0 Å². The van der Waals surface area contributed by atoms with Crippen molar-refractivity contribution in [2.45, 2.75) is 12.3 Å². The molecule has 0 radical (unpaired) electrons. The fourth-order valence-corrected chi connectivity index (χ4v) is 8.01. The Balaban J connectivity index is 1.24. The summed E-state index contributed by atoms with van der Waals surface area (Å²) in [4.78, 5) is 0. The highest BCUT2D eigenvalue weighted by molar-refractivity contribution is 6.36. The van der Waals surface area contributed by atoms with Gasteiger partial charge < -0.3 is 9.88 Å². The van der Waals surface area contributed by atoms with Crippen LogP contribution in [0.25, 0.3) is 70.9 Å². The molecule has 2 N–H and O–H groups in total. The van der Waals surface area contributed by atoms with Gasteiger partial charge in [0.15, 0.2) is 0 Å². The van der Waals surface area contributed by atoms with E-state index in [1.54, 1.807) is 0 Å². The third-order valence-electron chi connectivity index (χ3n) is 10.2. The van der Waals surface area contributed by atoms with Crippen LogP contribution in [0.15, 0.2) is 176 Å². The maximum atomic E-state index is 4.04. The fraction of sp³-hybridized carbons (Fsp3) is 0.0435. The minimum absolute atomic E-state index is 0.112. The second-order valence-electron chi connectivity index (χ2n) is 13.0. The molecule has 2 unspecified atom stereocenters. The van der Waals surface area contributed by atoms with Crippen molar-refractivity contribution in [3.63, 3.8) is 0 Å². The van der Waals surface area contributed by atoms with E-state index in [0.29, 0.717) is 0 Å². The molecule has 1 aromatic heterocycles. The summed E-state index contributed by atoms with van der Waals surface area (Å²) in [5.41, 5.74) is 8.37. The molecule has 1 aliphatic rings. The predicted molar refractivity (Wildman–Crippen MR) is 206 cm³/mol. The quantitative estimate of drug-likeness (QED) is 0.190. The SMILES string of the molecule is C1=C(c2ccccc2)NC(c2ccc(-c3ccccc3)cc2)NC1n1c2ccccc2c2c3c4ccccc4ccc3c3ccccc3c21. The zero-order valence-corrected chi connectivity index (χ0v) is 26.8. The van der Waals surface area contributed by atoms with Crippen molar-refractivity contribution in [2.75, 3.05) is 0 Å². The van der Waals surface area contributed by atoms with Gasteiger partial charge in [0.2, 0.25) is 0 Å². The average Bonchev–Trinajstić information content (AvgIpc) is 3.54. The molecule has 10 rings (SSSR count). The van der Waals surface area contributed by atoms with Gasteiger partial charge in [-0.3, -0.25) is 5.32 Å². The summed E-state index contributed by atoms with van der Waals surface area (Å²) in [6.07, 6.45) is 2.12. The van der Waals surface area contributed by atoms with Gasteiger partial charge >= 0.3 is 0 Å². The Labute approximate surface area is 284 Å². The van der Waals surface area contributed by atoms with E-state index >= 15 is 0 Å². The Morgan fingerprint density at radius 2 is 1.04 bits per heavy atom. The van der Waals surface area contributed by atoms with Gasteiger partial charge in [-0.05, 0) is 55.9 Å². The van der Waals surface area contributed by atoms with Crippen LogP contribution < -0.4 is 10.6 Å². The molecule has 0 spiro atoms. The van der Waals surface area contributed by atoms with E-state index < -0.39 is 0 Å². The molecule has 0 bridgehead atoms. The van der Waals surface area contributed by atoms with Crippen molar-refractivity contribution in [3.8, 4) is 11.1 Å². The number of nitrogens with zero attached hydrogens (tertiary/aromatic N) is 1. The summed E-state index contributed by atoms with van der Waals surface area (Å²) in [7, 11) is 0. The van der Waals surface area contributed by atoms with Crippen molar-refractivity contribution < 1.29 is 0 Å². The Bertz CT molecular complexity index is 2710. The monoisotopic (exact) mass is 627 g/mol. The van der Waals surface area contributed by atoms with Crippen LogP contribution in [0.5, 0.6) is 0 Å². The summed E-state index contributed by atoms with van der Waals surface area (Å²) in [5, 5.41) is 18.2. The number of hydrogen-bond acceptors (Lipinski definition) is 2. The number of benzene rings is 8. The third-order valence-corrected chi connectivity index (χ3v) is 10.2. The first-order valence-corrected chi connectivity index (χ1v) is 17.0. The highest BCUT2D eigenvalue weighted by Crippen LogP contribution is 2.45. The van der Waals surface area contributed by atoms with Gasteiger partial charge in [0.25, 0.3) is 0 Å². The van der Waals surface area contributed by atoms with E-state index in [-0.39, 0.29) is 12.3 Å². The molecular formula is C46H33N3. The maximum absolute atomic E-state index is 4.04. The number of fused-ring (bicyclic) bond motifs is 10. The zero-order valence-electron chi connectivity index (χ0n) is 26.8. The lowest BCUT2D eigenvalue weighted by Crippen LogP contribution is -2.41. The fourth-order valence-electron chi connectivity index (χ4n) is 8.01. The summed E-state index contributed by atoms with van der Waals surface area (Å²) in [6.45, 7) is 0. The third kappa shape index (κ3) is 4.47. The molecule has 0 fully saturated rings. The molecule has 9 aromatic rings. The molecule has 3 heteroatoms. The van der Waals surface area contributed by atoms with Crippen LogP contribution in [-0.4, -0.2) is 4.57 Å². The standard InChI is InChI=1S/C46H33N3/c1-3-13-30(14-4-1)31-23-25-34(26-24-31)46-47-40(33-16-5-2-6-17-33)29-42(48-46)49-41-22-12-11-21-39(41)44-43-35-18-8-7-15-32(35)27-28-37(43)36-19-9-10-20-38(36)45(44)49/h1-29,42,46-48H. The lowest BCUT2D eigenvalue weighted by atomic mass is 9.93. The molecule has 3 nitrogen and oxygen atoms in total. The molecule has 1 aliphatic heterocycles. The van der Waals surface area contributed by atoms with Crippen LogP contribution >= 0.6 is 0 Å². The van der Waals surface area contributed by atoms with Gasteiger partial charge in [-0.25, -0.2) is 0 Å². The smallest absolute Gasteiger partial charge is 0.108 e. The highest BCUT2D eigenvalue weighted by Gasteiger charge is 2.28. The molecule has 0 aliphatic carbocycles. The van der Waals surface area contributed by atoms with Gasteiger partial charge in [0.05, 0.1) is 11.0 Å². The molecule has 0 saturated heterocycles. The molecule has 2 atom stereocenters. The first-order chi connectivity index (χ1) is 24.3. The minimum Gasteiger partial charge on any atom is -0.366 e. The summed E-state index contributed by atoms with van der Waals surface area (Å²) in [5.74, 6) is 0. The van der Waals surface area contributed by atoms with Crippen LogP contribution in [0.3, 0.4) is 0 Å². The van der Waals surface area contributed by atoms with Gasteiger partial charge in [-0.15, -0.1) is 0 Å². The normalized spacial score (nSPS) is 16.4. The van der Waals surface area contributed by atoms with Crippen molar-refractivity contribution >= 4 is 59.8 Å². The number of rotatable bonds is 4. The highest BCUT2D eigenvalue weighted by atomic mass is 15.3. The van der Waals surface area contributed by atoms with Crippen molar-refractivity contribution in [3.05, 3.63) is 187 Å². The number of aromatic nitrogens is 1. The van der Waals surface area contributed by atoms with Crippen LogP contribution in [0, 0.1) is 0 Å². The van der Waals surface area contributed by atoms with E-state index in [0.717, 1.165) is 5.70 Å². The van der Waals surface area contributed by atoms with Gasteiger partial charge in [0.1, 0.15) is 12.3 Å². The van der Waals surface area contributed by atoms with Crippen LogP contribution in [-0.2, 0) is 0 Å². The van der Waals surface area contributed by atoms with Crippen molar-refractivity contribution in [1.29, 1.82) is 0 Å². The predicted octanol–water partition coefficient (Wildman–Crippen LogP) is 11.4. The van der Waals surface area contributed by atoms with Crippen LogP contribution in [0.1, 0.15) is 23.5 Å². The first-order valence-electron chi connectivity index (χ1n) is 17.0. The maximum Gasteiger partial charge on any atom is 0.108 e. The molecule has 232 valence electrons. The Morgan fingerprint density at radius 1 is 0.429 bits per heavy atom. The first kappa shape index (κ1) is 27.9. The molecule has 0 saturated carbocycles. The lowest BCUT2D eigenvalue weighted by molar-refractivity contribution is 0.384. The lowest BCUT2D eigenvalue weighted by Gasteiger charge is -2.34. The molecule has 49 heavy (non-hydrogen) atoms. The minimum atomic E-state index is -0.131.